The van der Waals surface area contributed by atoms with Crippen molar-refractivity contribution in [2.75, 3.05) is 18.4 Å². The molecule has 0 radical (unpaired) electrons. The predicted octanol–water partition coefficient (Wildman–Crippen LogP) is 0.741. The summed E-state index contributed by atoms with van der Waals surface area (Å²) in [6, 6.07) is 5.51. The number of benzene rings is 1. The molecular weight excluding hydrogens is 488 g/mol. The highest BCUT2D eigenvalue weighted by atomic mass is 16.7. The number of carboxylic acid groups (broad SMARTS) is 1. The molecule has 1 rings (SSSR count). The molecule has 200 valence electrons. The summed E-state index contributed by atoms with van der Waals surface area (Å²) in [5, 5.41) is 16.1. The third-order valence-corrected chi connectivity index (χ3v) is 4.74. The monoisotopic (exact) mass is 518 g/mol. The van der Waals surface area contributed by atoms with Crippen LogP contribution in [0, 0.1) is 0 Å². The van der Waals surface area contributed by atoms with Gasteiger partial charge in [0.1, 0.15) is 12.9 Å². The maximum atomic E-state index is 12.1. The van der Waals surface area contributed by atoms with Gasteiger partial charge in [-0.05, 0) is 37.1 Å². The zero-order valence-corrected chi connectivity index (χ0v) is 20.3. The molecule has 0 aliphatic rings. The highest BCUT2D eigenvalue weighted by molar-refractivity contribution is 5.95. The molecule has 0 saturated heterocycles. The van der Waals surface area contributed by atoms with Gasteiger partial charge >= 0.3 is 6.16 Å². The number of amides is 5. The summed E-state index contributed by atoms with van der Waals surface area (Å²) in [6.07, 6.45) is 1.72. The molecule has 5 amide bonds. The van der Waals surface area contributed by atoms with Crippen molar-refractivity contribution in [2.45, 2.75) is 45.3 Å². The number of rotatable bonds is 16. The van der Waals surface area contributed by atoms with Gasteiger partial charge in [0.15, 0.2) is 0 Å². The minimum absolute atomic E-state index is 0.0212. The molecule has 0 aliphatic heterocycles. The van der Waals surface area contributed by atoms with Gasteiger partial charge in [-0.1, -0.05) is 18.2 Å². The lowest BCUT2D eigenvalue weighted by Crippen LogP contribution is -2.39. The van der Waals surface area contributed by atoms with E-state index < -0.39 is 29.9 Å². The molecule has 13 heteroatoms. The van der Waals surface area contributed by atoms with Gasteiger partial charge in [-0.2, -0.15) is 0 Å². The fourth-order valence-corrected chi connectivity index (χ4v) is 2.93. The first-order valence-corrected chi connectivity index (χ1v) is 11.3. The van der Waals surface area contributed by atoms with Crippen molar-refractivity contribution >= 4 is 48.2 Å². The van der Waals surface area contributed by atoms with Crippen molar-refractivity contribution in [3.8, 4) is 0 Å². The summed E-state index contributed by atoms with van der Waals surface area (Å²) in [5.74, 6) is -1.94. The second-order valence-corrected chi connectivity index (χ2v) is 7.64. The Kier molecular flexibility index (Phi) is 14.0. The van der Waals surface area contributed by atoms with Crippen LogP contribution in [0.15, 0.2) is 36.4 Å². The van der Waals surface area contributed by atoms with Crippen LogP contribution in [0.4, 0.5) is 10.5 Å². The number of imide groups is 1. The second kappa shape index (κ2) is 17.0. The van der Waals surface area contributed by atoms with E-state index >= 15 is 0 Å². The molecule has 0 heterocycles. The van der Waals surface area contributed by atoms with Crippen molar-refractivity contribution in [3.05, 3.63) is 42.0 Å². The van der Waals surface area contributed by atoms with E-state index in [1.165, 1.54) is 12.2 Å². The molecule has 1 unspecified atom stereocenters. The molecule has 1 aromatic rings. The Balaban J connectivity index is 2.34. The van der Waals surface area contributed by atoms with Gasteiger partial charge in [-0.3, -0.25) is 28.9 Å². The molecule has 1 aromatic carbocycles. The third-order valence-electron chi connectivity index (χ3n) is 4.74. The molecule has 0 saturated carbocycles. The van der Waals surface area contributed by atoms with Gasteiger partial charge < -0.3 is 30.6 Å². The minimum atomic E-state index is -1.41. The van der Waals surface area contributed by atoms with Crippen molar-refractivity contribution in [1.29, 1.82) is 0 Å². The van der Waals surface area contributed by atoms with Crippen LogP contribution in [0.3, 0.4) is 0 Å². The van der Waals surface area contributed by atoms with Crippen LogP contribution >= 0.6 is 0 Å². The standard InChI is InChI=1S/C24H30N4O9/c1-2-4-23(34)28(16-30)12-10-22(33)27-19(14-29)7-8-20(31)25-11-9-21(32)26-18-6-3-5-17(13-18)15-37-24(35)36/h2-6,13-14,16,19H,7-12,15H2,1H3,(H,25,31)(H,26,32)(H,27,33)(H,35,36)/b4-2-. The molecule has 13 nitrogen and oxygen atoms in total. The Hall–Kier alpha value is -4.55. The molecular formula is C24H30N4O9. The lowest BCUT2D eigenvalue weighted by molar-refractivity contribution is -0.135. The highest BCUT2D eigenvalue weighted by Crippen LogP contribution is 2.12. The Morgan fingerprint density at radius 3 is 2.46 bits per heavy atom. The Morgan fingerprint density at radius 1 is 1.05 bits per heavy atom. The number of hydrogen-bond donors (Lipinski definition) is 4. The first kappa shape index (κ1) is 30.5. The Labute approximate surface area is 213 Å². The Morgan fingerprint density at radius 2 is 1.81 bits per heavy atom. The summed E-state index contributed by atoms with van der Waals surface area (Å²) in [7, 11) is 0. The molecule has 0 fully saturated rings. The molecule has 0 spiro atoms. The number of nitrogens with one attached hydrogen (secondary N) is 3. The average molecular weight is 519 g/mol. The summed E-state index contributed by atoms with van der Waals surface area (Å²) in [6.45, 7) is 1.32. The lowest BCUT2D eigenvalue weighted by atomic mass is 10.1. The number of anilines is 1. The highest BCUT2D eigenvalue weighted by Gasteiger charge is 2.16. The predicted molar refractivity (Wildman–Crippen MR) is 130 cm³/mol. The van der Waals surface area contributed by atoms with Crippen LogP contribution in [-0.4, -0.2) is 71.6 Å². The molecule has 1 atom stereocenters. The van der Waals surface area contributed by atoms with Crippen molar-refractivity contribution in [3.63, 3.8) is 0 Å². The molecule has 37 heavy (non-hydrogen) atoms. The molecule has 0 aliphatic carbocycles. The van der Waals surface area contributed by atoms with Gasteiger partial charge in [0, 0.05) is 38.0 Å². The van der Waals surface area contributed by atoms with Crippen LogP contribution in [0.5, 0.6) is 0 Å². The van der Waals surface area contributed by atoms with Crippen LogP contribution < -0.4 is 16.0 Å². The number of hydrogen-bond acceptors (Lipinski definition) is 8. The van der Waals surface area contributed by atoms with Crippen molar-refractivity contribution in [2.24, 2.45) is 0 Å². The van der Waals surface area contributed by atoms with E-state index in [9.17, 15) is 33.6 Å². The number of ether oxygens (including phenoxy) is 1. The lowest BCUT2D eigenvalue weighted by Gasteiger charge is -2.15. The fourth-order valence-electron chi connectivity index (χ4n) is 2.93. The van der Waals surface area contributed by atoms with Gasteiger partial charge in [-0.15, -0.1) is 0 Å². The van der Waals surface area contributed by atoms with Crippen LogP contribution in [0.25, 0.3) is 0 Å². The van der Waals surface area contributed by atoms with E-state index in [4.69, 9.17) is 5.11 Å². The van der Waals surface area contributed by atoms with Crippen LogP contribution in [0.1, 0.15) is 38.2 Å². The molecule has 0 bridgehead atoms. The van der Waals surface area contributed by atoms with Gasteiger partial charge in [0.25, 0.3) is 5.91 Å². The minimum Gasteiger partial charge on any atom is -0.450 e. The number of nitrogens with zero attached hydrogens (tertiary/aromatic N) is 1. The van der Waals surface area contributed by atoms with Crippen LogP contribution in [0.2, 0.25) is 0 Å². The van der Waals surface area contributed by atoms with E-state index in [0.717, 1.165) is 4.90 Å². The summed E-state index contributed by atoms with van der Waals surface area (Å²) < 4.78 is 4.47. The number of aldehydes is 1. The quantitative estimate of drug-likeness (QED) is 0.139. The first-order chi connectivity index (χ1) is 17.7. The van der Waals surface area contributed by atoms with E-state index in [0.29, 0.717) is 23.9 Å². The van der Waals surface area contributed by atoms with Crippen molar-refractivity contribution in [1.82, 2.24) is 15.5 Å². The number of allylic oxidation sites excluding steroid dienone is 1. The second-order valence-electron chi connectivity index (χ2n) is 7.64. The first-order valence-electron chi connectivity index (χ1n) is 11.3. The normalized spacial score (nSPS) is 11.2. The van der Waals surface area contributed by atoms with E-state index in [2.05, 4.69) is 20.7 Å². The van der Waals surface area contributed by atoms with Gasteiger partial charge in [-0.25, -0.2) is 4.79 Å². The topological polar surface area (TPSA) is 188 Å². The van der Waals surface area contributed by atoms with E-state index in [-0.39, 0.29) is 51.3 Å². The largest absolute Gasteiger partial charge is 0.506 e. The van der Waals surface area contributed by atoms with Crippen molar-refractivity contribution < 1.29 is 43.4 Å². The Bertz CT molecular complexity index is 1010. The maximum Gasteiger partial charge on any atom is 0.506 e. The number of carbonyl (C=O) groups is 7. The van der Waals surface area contributed by atoms with Gasteiger partial charge in [0.2, 0.25) is 24.1 Å². The zero-order valence-electron chi connectivity index (χ0n) is 20.3. The third kappa shape index (κ3) is 13.2. The zero-order chi connectivity index (χ0) is 27.6. The summed E-state index contributed by atoms with van der Waals surface area (Å²) in [4.78, 5) is 81.3. The maximum absolute atomic E-state index is 12.1. The van der Waals surface area contributed by atoms with E-state index in [1.54, 1.807) is 31.2 Å². The molecule has 4 N–H and O–H groups in total. The summed E-state index contributed by atoms with van der Waals surface area (Å²) >= 11 is 0. The smallest absolute Gasteiger partial charge is 0.450 e. The molecule has 0 aromatic heterocycles. The average Bonchev–Trinajstić information content (AvgIpc) is 2.86. The SMILES string of the molecule is C/C=C\C(=O)N(C=O)CCC(=O)NC(C=O)CCC(=O)NCCC(=O)Nc1cccc(COC(=O)O)c1. The van der Waals surface area contributed by atoms with Crippen LogP contribution in [-0.2, 0) is 40.1 Å². The van der Waals surface area contributed by atoms with Gasteiger partial charge in [0.05, 0.1) is 6.04 Å². The van der Waals surface area contributed by atoms with E-state index in [1.807, 2.05) is 0 Å². The fraction of sp³-hybridized carbons (Fsp3) is 0.375. The number of carbonyl (C=O) groups excluding carboxylic acids is 6. The summed E-state index contributed by atoms with van der Waals surface area (Å²) in [5.41, 5.74) is 0.989.